The Morgan fingerprint density at radius 3 is 2.47 bits per heavy atom. The predicted molar refractivity (Wildman–Crippen MR) is 125 cm³/mol. The van der Waals surface area contributed by atoms with E-state index in [0.29, 0.717) is 30.0 Å². The number of nitrogens with one attached hydrogen (secondary N) is 1. The van der Waals surface area contributed by atoms with Gasteiger partial charge in [-0.25, -0.2) is 4.79 Å². The zero-order valence-electron chi connectivity index (χ0n) is 19.3. The van der Waals surface area contributed by atoms with E-state index in [-0.39, 0.29) is 18.4 Å². The summed E-state index contributed by atoms with van der Waals surface area (Å²) in [5.74, 6) is -0.791. The van der Waals surface area contributed by atoms with Gasteiger partial charge in [0.2, 0.25) is 11.8 Å². The van der Waals surface area contributed by atoms with Gasteiger partial charge in [0, 0.05) is 32.0 Å². The minimum Gasteiger partial charge on any atom is -0.496 e. The number of anilines is 2. The molecule has 5 amide bonds. The number of benzene rings is 2. The number of rotatable bonds is 3. The number of urea groups is 1. The summed E-state index contributed by atoms with van der Waals surface area (Å²) in [4.78, 5) is 56.5. The lowest BCUT2D eigenvalue weighted by molar-refractivity contribution is -0.159. The molecular formula is C25H26N4O5. The van der Waals surface area contributed by atoms with Crippen molar-refractivity contribution >= 4 is 35.1 Å². The molecule has 9 nitrogen and oxygen atoms in total. The Balaban J connectivity index is 1.53. The van der Waals surface area contributed by atoms with Gasteiger partial charge in [0.1, 0.15) is 5.75 Å². The van der Waals surface area contributed by atoms with Gasteiger partial charge < -0.3 is 15.0 Å². The molecule has 3 aliphatic rings. The van der Waals surface area contributed by atoms with Gasteiger partial charge in [-0.05, 0) is 55.2 Å². The van der Waals surface area contributed by atoms with Crippen molar-refractivity contribution in [1.82, 2.24) is 9.80 Å². The van der Waals surface area contributed by atoms with E-state index in [9.17, 15) is 19.2 Å². The Bertz CT molecular complexity index is 1200. The van der Waals surface area contributed by atoms with Crippen LogP contribution in [0.15, 0.2) is 42.5 Å². The number of hydrogen-bond acceptors (Lipinski definition) is 6. The summed E-state index contributed by atoms with van der Waals surface area (Å²) in [7, 11) is 4.36. The molecule has 9 heteroatoms. The van der Waals surface area contributed by atoms with E-state index >= 15 is 0 Å². The topological polar surface area (TPSA) is 99.3 Å². The SMILES string of the molecule is COc1ccccc1C(=O)Nc1ccc2c(c1)CC1(C(=O)N(C)C(=O)N(C)C1=O)[C@H]1CCCN21. The van der Waals surface area contributed by atoms with Crippen LogP contribution in [0.3, 0.4) is 0 Å². The standard InChI is InChI=1S/C25H26N4O5/c1-27-22(31)25(23(32)28(2)24(27)33)14-15-13-16(10-11-18(15)29-12-6-9-20(25)29)26-21(30)17-7-4-5-8-19(17)34-3/h4-5,7-8,10-11,13,20H,6,9,12,14H2,1-3H3,(H,26,30)/t20-/m1/s1. The molecule has 0 unspecified atom stereocenters. The van der Waals surface area contributed by atoms with Crippen molar-refractivity contribution < 1.29 is 23.9 Å². The second-order valence-electron chi connectivity index (χ2n) is 9.01. The number of amides is 5. The van der Waals surface area contributed by atoms with Crippen molar-refractivity contribution in [2.45, 2.75) is 25.3 Å². The van der Waals surface area contributed by atoms with Crippen LogP contribution >= 0.6 is 0 Å². The number of carbonyl (C=O) groups excluding carboxylic acids is 4. The van der Waals surface area contributed by atoms with Crippen molar-refractivity contribution in [1.29, 1.82) is 0 Å². The molecular weight excluding hydrogens is 436 g/mol. The normalized spacial score (nSPS) is 21.0. The quantitative estimate of drug-likeness (QED) is 0.704. The first-order valence-corrected chi connectivity index (χ1v) is 11.2. The summed E-state index contributed by atoms with van der Waals surface area (Å²) in [6, 6.07) is 11.6. The fourth-order valence-corrected chi connectivity index (χ4v) is 5.63. The van der Waals surface area contributed by atoms with Gasteiger partial charge in [0.25, 0.3) is 5.91 Å². The Morgan fingerprint density at radius 2 is 1.76 bits per heavy atom. The lowest BCUT2D eigenvalue weighted by Crippen LogP contribution is -2.70. The van der Waals surface area contributed by atoms with Gasteiger partial charge in [-0.1, -0.05) is 12.1 Å². The third-order valence-electron chi connectivity index (χ3n) is 7.24. The van der Waals surface area contributed by atoms with E-state index in [1.807, 2.05) is 18.2 Å². The second-order valence-corrected chi connectivity index (χ2v) is 9.01. The maximum absolute atomic E-state index is 13.5. The van der Waals surface area contributed by atoms with Gasteiger partial charge >= 0.3 is 6.03 Å². The molecule has 2 saturated heterocycles. The molecule has 1 spiro atoms. The van der Waals surface area contributed by atoms with E-state index in [4.69, 9.17) is 4.74 Å². The van der Waals surface area contributed by atoms with Crippen molar-refractivity contribution in [3.05, 3.63) is 53.6 Å². The van der Waals surface area contributed by atoms with E-state index < -0.39 is 23.3 Å². The molecule has 2 aromatic rings. The van der Waals surface area contributed by atoms with Crippen molar-refractivity contribution in [2.24, 2.45) is 5.41 Å². The van der Waals surface area contributed by atoms with Crippen molar-refractivity contribution in [3.8, 4) is 5.75 Å². The van der Waals surface area contributed by atoms with Crippen LogP contribution in [0.25, 0.3) is 0 Å². The van der Waals surface area contributed by atoms with Crippen molar-refractivity contribution in [2.75, 3.05) is 38.0 Å². The van der Waals surface area contributed by atoms with Gasteiger partial charge in [0.15, 0.2) is 5.41 Å². The van der Waals surface area contributed by atoms with Gasteiger partial charge in [-0.15, -0.1) is 0 Å². The summed E-state index contributed by atoms with van der Waals surface area (Å²) in [6.45, 7) is 0.717. The molecule has 0 bridgehead atoms. The Hall–Kier alpha value is -3.88. The number of barbiturate groups is 1. The summed E-state index contributed by atoms with van der Waals surface area (Å²) < 4.78 is 5.29. The van der Waals surface area contributed by atoms with Gasteiger partial charge in [0.05, 0.1) is 18.7 Å². The molecule has 0 aliphatic carbocycles. The first-order valence-electron chi connectivity index (χ1n) is 11.2. The maximum atomic E-state index is 13.5. The monoisotopic (exact) mass is 462 g/mol. The lowest BCUT2D eigenvalue weighted by Gasteiger charge is -2.50. The highest BCUT2D eigenvalue weighted by Gasteiger charge is 2.63. The molecule has 5 rings (SSSR count). The fourth-order valence-electron chi connectivity index (χ4n) is 5.63. The molecule has 2 aromatic carbocycles. The minimum atomic E-state index is -1.37. The lowest BCUT2D eigenvalue weighted by atomic mass is 9.68. The second kappa shape index (κ2) is 7.86. The average Bonchev–Trinajstić information content (AvgIpc) is 3.35. The van der Waals surface area contributed by atoms with Gasteiger partial charge in [-0.2, -0.15) is 0 Å². The number of fused-ring (bicyclic) bond motifs is 4. The molecule has 3 aliphatic heterocycles. The van der Waals surface area contributed by atoms with E-state index in [2.05, 4.69) is 10.2 Å². The number of ether oxygens (including phenoxy) is 1. The number of imide groups is 2. The zero-order chi connectivity index (χ0) is 24.2. The predicted octanol–water partition coefficient (Wildman–Crippen LogP) is 2.51. The fraction of sp³-hybridized carbons (Fsp3) is 0.360. The number of nitrogens with zero attached hydrogens (tertiary/aromatic N) is 3. The van der Waals surface area contributed by atoms with E-state index in [0.717, 1.165) is 27.5 Å². The number of hydrogen-bond donors (Lipinski definition) is 1. The first-order chi connectivity index (χ1) is 16.3. The molecule has 3 heterocycles. The van der Waals surface area contributed by atoms with E-state index in [1.165, 1.54) is 21.2 Å². The number of methoxy groups -OCH3 is 1. The molecule has 176 valence electrons. The van der Waals surface area contributed by atoms with Crippen LogP contribution in [0.1, 0.15) is 28.8 Å². The maximum Gasteiger partial charge on any atom is 0.332 e. The zero-order valence-corrected chi connectivity index (χ0v) is 19.3. The summed E-state index contributed by atoms with van der Waals surface area (Å²) in [5, 5.41) is 2.90. The molecule has 34 heavy (non-hydrogen) atoms. The highest BCUT2D eigenvalue weighted by molar-refractivity contribution is 6.20. The van der Waals surface area contributed by atoms with Crippen LogP contribution in [0.4, 0.5) is 16.2 Å². The number of carbonyl (C=O) groups is 4. The van der Waals surface area contributed by atoms with E-state index in [1.54, 1.807) is 24.3 Å². The van der Waals surface area contributed by atoms with Crippen LogP contribution in [-0.2, 0) is 16.0 Å². The molecule has 0 saturated carbocycles. The summed E-state index contributed by atoms with van der Waals surface area (Å²) >= 11 is 0. The summed E-state index contributed by atoms with van der Waals surface area (Å²) in [6.07, 6.45) is 1.71. The molecule has 2 fully saturated rings. The van der Waals surface area contributed by atoms with Crippen LogP contribution < -0.4 is 15.0 Å². The molecule has 0 aromatic heterocycles. The van der Waals surface area contributed by atoms with Crippen LogP contribution in [0.5, 0.6) is 5.75 Å². The van der Waals surface area contributed by atoms with Crippen LogP contribution in [0, 0.1) is 5.41 Å². The highest BCUT2D eigenvalue weighted by Crippen LogP contribution is 2.49. The highest BCUT2D eigenvalue weighted by atomic mass is 16.5. The van der Waals surface area contributed by atoms with Gasteiger partial charge in [-0.3, -0.25) is 24.2 Å². The van der Waals surface area contributed by atoms with Crippen molar-refractivity contribution in [3.63, 3.8) is 0 Å². The molecule has 0 radical (unpaired) electrons. The van der Waals surface area contributed by atoms with Crippen LogP contribution in [-0.4, -0.2) is 67.3 Å². The smallest absolute Gasteiger partial charge is 0.332 e. The average molecular weight is 463 g/mol. The molecule has 1 atom stereocenters. The Morgan fingerprint density at radius 1 is 1.06 bits per heavy atom. The Kier molecular flexibility index (Phi) is 5.07. The number of para-hydroxylation sites is 1. The molecule has 1 N–H and O–H groups in total. The first kappa shape index (κ1) is 21.9. The minimum absolute atomic E-state index is 0.168. The third kappa shape index (κ3) is 2.99. The third-order valence-corrected chi connectivity index (χ3v) is 7.24. The largest absolute Gasteiger partial charge is 0.496 e. The summed E-state index contributed by atoms with van der Waals surface area (Å²) in [5.41, 5.74) is 1.32. The van der Waals surface area contributed by atoms with Crippen LogP contribution in [0.2, 0.25) is 0 Å². The Labute approximate surface area is 197 Å².